The summed E-state index contributed by atoms with van der Waals surface area (Å²) in [7, 11) is 0. The zero-order valence-corrected chi connectivity index (χ0v) is 11.3. The van der Waals surface area contributed by atoms with Crippen molar-refractivity contribution >= 4 is 5.91 Å². The van der Waals surface area contributed by atoms with Crippen molar-refractivity contribution in [2.45, 2.75) is 20.0 Å². The molecule has 1 aromatic carbocycles. The van der Waals surface area contributed by atoms with Crippen LogP contribution in [0.25, 0.3) is 0 Å². The summed E-state index contributed by atoms with van der Waals surface area (Å²) in [5.74, 6) is 1.11. The van der Waals surface area contributed by atoms with Crippen molar-refractivity contribution in [3.05, 3.63) is 24.3 Å². The van der Waals surface area contributed by atoms with Gasteiger partial charge in [-0.15, -0.1) is 0 Å². The Labute approximate surface area is 113 Å². The molecule has 1 heterocycles. The fraction of sp³-hybridized carbons (Fsp3) is 0.500. The smallest absolute Gasteiger partial charge is 0.264 e. The lowest BCUT2D eigenvalue weighted by Crippen LogP contribution is -2.47. The van der Waals surface area contributed by atoms with E-state index in [4.69, 9.17) is 15.2 Å². The lowest BCUT2D eigenvalue weighted by Gasteiger charge is -2.28. The average molecular weight is 264 g/mol. The number of hydrogen-bond acceptors (Lipinski definition) is 4. The van der Waals surface area contributed by atoms with Crippen LogP contribution in [-0.4, -0.2) is 31.7 Å². The second-order valence-electron chi connectivity index (χ2n) is 5.45. The number of amides is 1. The molecule has 0 saturated heterocycles. The molecule has 0 spiro atoms. The molecule has 0 fully saturated rings. The molecule has 0 saturated carbocycles. The van der Waals surface area contributed by atoms with E-state index in [1.807, 2.05) is 32.0 Å². The van der Waals surface area contributed by atoms with E-state index >= 15 is 0 Å². The molecule has 2 rings (SSSR count). The highest BCUT2D eigenvalue weighted by Gasteiger charge is 2.28. The molecular formula is C14H20N2O3. The summed E-state index contributed by atoms with van der Waals surface area (Å²) >= 11 is 0. The average Bonchev–Trinajstić information content (AvgIpc) is 2.44. The molecule has 1 atom stereocenters. The number of para-hydroxylation sites is 2. The molecule has 1 aliphatic rings. The maximum atomic E-state index is 12.0. The number of nitrogens with two attached hydrogens (primary N) is 1. The highest BCUT2D eigenvalue weighted by atomic mass is 16.6. The Morgan fingerprint density at radius 1 is 1.42 bits per heavy atom. The zero-order chi connectivity index (χ0) is 13.9. The third-order valence-electron chi connectivity index (χ3n) is 3.09. The Hall–Kier alpha value is -1.75. The van der Waals surface area contributed by atoms with Crippen molar-refractivity contribution in [3.63, 3.8) is 0 Å². The van der Waals surface area contributed by atoms with Crippen LogP contribution in [0, 0.1) is 5.41 Å². The van der Waals surface area contributed by atoms with Crippen LogP contribution < -0.4 is 20.5 Å². The molecule has 1 unspecified atom stereocenters. The molecule has 1 aliphatic heterocycles. The number of rotatable bonds is 4. The maximum absolute atomic E-state index is 12.0. The summed E-state index contributed by atoms with van der Waals surface area (Å²) in [6.45, 7) is 5.26. The summed E-state index contributed by atoms with van der Waals surface area (Å²) in [4.78, 5) is 12.0. The minimum absolute atomic E-state index is 0.122. The van der Waals surface area contributed by atoms with E-state index in [1.165, 1.54) is 0 Å². The van der Waals surface area contributed by atoms with E-state index in [1.54, 1.807) is 6.07 Å². The zero-order valence-electron chi connectivity index (χ0n) is 11.3. The molecule has 0 aromatic heterocycles. The summed E-state index contributed by atoms with van der Waals surface area (Å²) in [6.07, 6.45) is -0.608. The maximum Gasteiger partial charge on any atom is 0.264 e. The number of ether oxygens (including phenoxy) is 2. The van der Waals surface area contributed by atoms with Gasteiger partial charge in [-0.2, -0.15) is 0 Å². The van der Waals surface area contributed by atoms with Crippen molar-refractivity contribution in [3.8, 4) is 11.5 Å². The van der Waals surface area contributed by atoms with E-state index in [0.29, 0.717) is 24.6 Å². The van der Waals surface area contributed by atoms with Crippen LogP contribution in [0.1, 0.15) is 13.8 Å². The van der Waals surface area contributed by atoms with Crippen molar-refractivity contribution in [1.82, 2.24) is 5.32 Å². The number of hydrogen-bond donors (Lipinski definition) is 2. The molecule has 1 amide bonds. The van der Waals surface area contributed by atoms with Gasteiger partial charge < -0.3 is 20.5 Å². The summed E-state index contributed by atoms with van der Waals surface area (Å²) < 4.78 is 11.1. The Morgan fingerprint density at radius 3 is 2.79 bits per heavy atom. The van der Waals surface area contributed by atoms with Gasteiger partial charge in [0.2, 0.25) is 6.10 Å². The van der Waals surface area contributed by atoms with Gasteiger partial charge in [-0.05, 0) is 24.1 Å². The SMILES string of the molecule is CC(C)(CN)CNC(=O)C1COc2ccccc2O1. The van der Waals surface area contributed by atoms with E-state index in [-0.39, 0.29) is 17.9 Å². The number of benzene rings is 1. The van der Waals surface area contributed by atoms with E-state index in [2.05, 4.69) is 5.32 Å². The van der Waals surface area contributed by atoms with Gasteiger partial charge in [-0.25, -0.2) is 0 Å². The standard InChI is InChI=1S/C14H20N2O3/c1-14(2,8-15)9-16-13(17)12-7-18-10-5-3-4-6-11(10)19-12/h3-6,12H,7-9,15H2,1-2H3,(H,16,17). The minimum atomic E-state index is -0.608. The normalized spacial score (nSPS) is 17.9. The number of carbonyl (C=O) groups excluding carboxylic acids is 1. The molecule has 0 radical (unpaired) electrons. The first-order valence-corrected chi connectivity index (χ1v) is 6.38. The topological polar surface area (TPSA) is 73.6 Å². The fourth-order valence-electron chi connectivity index (χ4n) is 1.66. The van der Waals surface area contributed by atoms with Crippen LogP contribution in [0.4, 0.5) is 0 Å². The molecule has 0 bridgehead atoms. The number of fused-ring (bicyclic) bond motifs is 1. The van der Waals surface area contributed by atoms with Gasteiger partial charge in [0.1, 0.15) is 6.61 Å². The summed E-state index contributed by atoms with van der Waals surface area (Å²) in [5.41, 5.74) is 5.51. The largest absolute Gasteiger partial charge is 0.485 e. The molecule has 1 aromatic rings. The first kappa shape index (κ1) is 13.7. The van der Waals surface area contributed by atoms with Crippen LogP contribution in [0.5, 0.6) is 11.5 Å². The van der Waals surface area contributed by atoms with Crippen LogP contribution in [0.3, 0.4) is 0 Å². The van der Waals surface area contributed by atoms with E-state index < -0.39 is 6.10 Å². The number of nitrogens with one attached hydrogen (secondary N) is 1. The molecule has 5 nitrogen and oxygen atoms in total. The second kappa shape index (κ2) is 5.48. The lowest BCUT2D eigenvalue weighted by atomic mass is 9.94. The minimum Gasteiger partial charge on any atom is -0.485 e. The first-order chi connectivity index (χ1) is 9.02. The Morgan fingerprint density at radius 2 is 2.11 bits per heavy atom. The van der Waals surface area contributed by atoms with Gasteiger partial charge in [-0.1, -0.05) is 26.0 Å². The molecule has 3 N–H and O–H groups in total. The van der Waals surface area contributed by atoms with Gasteiger partial charge >= 0.3 is 0 Å². The van der Waals surface area contributed by atoms with E-state index in [0.717, 1.165) is 0 Å². The molecule has 5 heteroatoms. The molecule has 0 aliphatic carbocycles. The third-order valence-corrected chi connectivity index (χ3v) is 3.09. The Bertz CT molecular complexity index is 460. The van der Waals surface area contributed by atoms with Crippen molar-refractivity contribution in [2.75, 3.05) is 19.7 Å². The Balaban J connectivity index is 1.92. The summed E-state index contributed by atoms with van der Waals surface area (Å²) in [5, 5.41) is 2.85. The molecular weight excluding hydrogens is 244 g/mol. The van der Waals surface area contributed by atoms with E-state index in [9.17, 15) is 4.79 Å². The molecule has 104 valence electrons. The predicted octanol–water partition coefficient (Wildman–Crippen LogP) is 0.928. The van der Waals surface area contributed by atoms with Crippen molar-refractivity contribution in [1.29, 1.82) is 0 Å². The lowest BCUT2D eigenvalue weighted by molar-refractivity contribution is -0.130. The third kappa shape index (κ3) is 3.38. The highest BCUT2D eigenvalue weighted by molar-refractivity contribution is 5.81. The van der Waals surface area contributed by atoms with Crippen molar-refractivity contribution < 1.29 is 14.3 Å². The predicted molar refractivity (Wildman–Crippen MR) is 72.2 cm³/mol. The van der Waals surface area contributed by atoms with Crippen LogP contribution in [-0.2, 0) is 4.79 Å². The van der Waals surface area contributed by atoms with Crippen LogP contribution >= 0.6 is 0 Å². The fourth-order valence-corrected chi connectivity index (χ4v) is 1.66. The van der Waals surface area contributed by atoms with Gasteiger partial charge in [0.05, 0.1) is 0 Å². The highest BCUT2D eigenvalue weighted by Crippen LogP contribution is 2.30. The van der Waals surface area contributed by atoms with Gasteiger partial charge in [0.15, 0.2) is 11.5 Å². The Kier molecular flexibility index (Phi) is 3.95. The van der Waals surface area contributed by atoms with Gasteiger partial charge in [0, 0.05) is 6.54 Å². The first-order valence-electron chi connectivity index (χ1n) is 6.38. The van der Waals surface area contributed by atoms with Gasteiger partial charge in [0.25, 0.3) is 5.91 Å². The van der Waals surface area contributed by atoms with Gasteiger partial charge in [-0.3, -0.25) is 4.79 Å². The summed E-state index contributed by atoms with van der Waals surface area (Å²) in [6, 6.07) is 7.33. The van der Waals surface area contributed by atoms with Crippen molar-refractivity contribution in [2.24, 2.45) is 11.1 Å². The monoisotopic (exact) mass is 264 g/mol. The number of carbonyl (C=O) groups is 1. The molecule has 19 heavy (non-hydrogen) atoms. The quantitative estimate of drug-likeness (QED) is 0.848. The van der Waals surface area contributed by atoms with Crippen LogP contribution in [0.2, 0.25) is 0 Å². The van der Waals surface area contributed by atoms with Crippen LogP contribution in [0.15, 0.2) is 24.3 Å². The second-order valence-corrected chi connectivity index (χ2v) is 5.45.